The summed E-state index contributed by atoms with van der Waals surface area (Å²) in [5, 5.41) is 18.8. The van der Waals surface area contributed by atoms with Crippen molar-refractivity contribution in [3.63, 3.8) is 0 Å². The fourth-order valence-corrected chi connectivity index (χ4v) is 2.39. The summed E-state index contributed by atoms with van der Waals surface area (Å²) in [4.78, 5) is 15.4. The lowest BCUT2D eigenvalue weighted by Crippen LogP contribution is -2.00. The van der Waals surface area contributed by atoms with E-state index < -0.39 is 5.97 Å². The summed E-state index contributed by atoms with van der Waals surface area (Å²) in [5.74, 6) is -0.492. The Bertz CT molecular complexity index is 826. The predicted octanol–water partition coefficient (Wildman–Crippen LogP) is 3.06. The molecular weight excluding hydrogens is 280 g/mol. The van der Waals surface area contributed by atoms with Gasteiger partial charge in [0.2, 0.25) is 0 Å². The van der Waals surface area contributed by atoms with Crippen LogP contribution in [0.25, 0.3) is 16.9 Å². The maximum atomic E-state index is 11.2. The number of carboxylic acid groups (broad SMARTS) is 1. The average Bonchev–Trinajstić information content (AvgIpc) is 2.76. The quantitative estimate of drug-likeness (QED) is 0.760. The number of phenolic OH excluding ortho intramolecular Hbond substituents is 1. The highest BCUT2D eigenvalue weighted by Gasteiger charge is 2.17. The Morgan fingerprint density at radius 3 is 2.75 bits per heavy atom. The van der Waals surface area contributed by atoms with Crippen molar-refractivity contribution in [2.24, 2.45) is 0 Å². The largest absolute Gasteiger partial charge is 0.508 e. The lowest BCUT2D eigenvalue weighted by Gasteiger charge is -2.03. The van der Waals surface area contributed by atoms with Crippen LogP contribution < -0.4 is 0 Å². The van der Waals surface area contributed by atoms with Gasteiger partial charge < -0.3 is 10.2 Å². The van der Waals surface area contributed by atoms with Gasteiger partial charge in [0.25, 0.3) is 0 Å². The van der Waals surface area contributed by atoms with Gasteiger partial charge in [0.1, 0.15) is 11.6 Å². The Morgan fingerprint density at radius 2 is 2.05 bits per heavy atom. The number of carboxylic acids is 1. The van der Waals surface area contributed by atoms with Crippen molar-refractivity contribution in [1.82, 2.24) is 9.38 Å². The molecule has 0 amide bonds. The summed E-state index contributed by atoms with van der Waals surface area (Å²) in [7, 11) is 0. The number of aromatic hydroxyl groups is 1. The molecule has 0 aliphatic rings. The number of hydrogen-bond acceptors (Lipinski definition) is 3. The van der Waals surface area contributed by atoms with Gasteiger partial charge in [-0.3, -0.25) is 4.40 Å². The number of benzene rings is 1. The van der Waals surface area contributed by atoms with Crippen LogP contribution in [0.5, 0.6) is 5.75 Å². The zero-order valence-corrected chi connectivity index (χ0v) is 10.9. The maximum absolute atomic E-state index is 11.2. The maximum Gasteiger partial charge on any atom is 0.337 e. The molecule has 20 heavy (non-hydrogen) atoms. The number of imidazole rings is 1. The second-order valence-corrected chi connectivity index (χ2v) is 4.58. The third-order valence-electron chi connectivity index (χ3n) is 2.96. The van der Waals surface area contributed by atoms with E-state index in [1.165, 1.54) is 6.07 Å². The van der Waals surface area contributed by atoms with Gasteiger partial charge in [-0.2, -0.15) is 0 Å². The number of carbonyl (C=O) groups is 1. The number of pyridine rings is 1. The lowest BCUT2D eigenvalue weighted by molar-refractivity contribution is 0.0698. The summed E-state index contributed by atoms with van der Waals surface area (Å²) in [6.45, 7) is 0. The molecule has 0 radical (unpaired) electrons. The highest BCUT2D eigenvalue weighted by Crippen LogP contribution is 2.29. The Morgan fingerprint density at radius 1 is 1.25 bits per heavy atom. The van der Waals surface area contributed by atoms with Crippen LogP contribution in [0.2, 0.25) is 5.15 Å². The smallest absolute Gasteiger partial charge is 0.337 e. The van der Waals surface area contributed by atoms with Crippen LogP contribution in [0.3, 0.4) is 0 Å². The van der Waals surface area contributed by atoms with E-state index in [4.69, 9.17) is 11.6 Å². The van der Waals surface area contributed by atoms with Crippen molar-refractivity contribution < 1.29 is 15.0 Å². The van der Waals surface area contributed by atoms with Crippen LogP contribution in [0.1, 0.15) is 10.4 Å². The fraction of sp³-hybridized carbons (Fsp3) is 0. The fourth-order valence-electron chi connectivity index (χ4n) is 2.12. The first kappa shape index (κ1) is 12.5. The van der Waals surface area contributed by atoms with E-state index in [1.54, 1.807) is 40.9 Å². The van der Waals surface area contributed by atoms with Gasteiger partial charge in [-0.15, -0.1) is 0 Å². The Kier molecular flexibility index (Phi) is 2.84. The van der Waals surface area contributed by atoms with Crippen LogP contribution in [0, 0.1) is 0 Å². The first-order valence-corrected chi connectivity index (χ1v) is 6.15. The Labute approximate surface area is 118 Å². The van der Waals surface area contributed by atoms with Crippen LogP contribution in [0.4, 0.5) is 0 Å². The Balaban J connectivity index is 2.34. The first-order chi connectivity index (χ1) is 9.58. The standard InChI is InChI=1S/C14H9ClN2O3/c15-12-11-10(14(19)20)5-2-6-17(11)13(16-12)8-3-1-4-9(18)7-8/h1-7,18H,(H,19,20). The van der Waals surface area contributed by atoms with Crippen LogP contribution >= 0.6 is 11.6 Å². The molecule has 0 aliphatic carbocycles. The SMILES string of the molecule is O=C(O)c1cccn2c(-c3cccc(O)c3)nc(Cl)c12. The zero-order valence-electron chi connectivity index (χ0n) is 10.1. The highest BCUT2D eigenvalue weighted by atomic mass is 35.5. The zero-order chi connectivity index (χ0) is 14.3. The molecule has 0 fully saturated rings. The molecule has 0 saturated carbocycles. The third-order valence-corrected chi connectivity index (χ3v) is 3.22. The predicted molar refractivity (Wildman–Crippen MR) is 74.3 cm³/mol. The van der Waals surface area contributed by atoms with Gasteiger partial charge >= 0.3 is 5.97 Å². The first-order valence-electron chi connectivity index (χ1n) is 5.77. The normalized spacial score (nSPS) is 10.8. The monoisotopic (exact) mass is 288 g/mol. The minimum atomic E-state index is -1.07. The summed E-state index contributed by atoms with van der Waals surface area (Å²) in [6, 6.07) is 9.61. The second kappa shape index (κ2) is 4.54. The van der Waals surface area contributed by atoms with E-state index in [2.05, 4.69) is 4.98 Å². The molecule has 6 heteroatoms. The molecule has 2 N–H and O–H groups in total. The molecule has 2 heterocycles. The number of aromatic nitrogens is 2. The molecule has 0 unspecified atom stereocenters. The molecule has 1 aromatic carbocycles. The van der Waals surface area contributed by atoms with E-state index in [1.807, 2.05) is 0 Å². The number of halogens is 1. The van der Waals surface area contributed by atoms with E-state index >= 15 is 0 Å². The van der Waals surface area contributed by atoms with Crippen molar-refractivity contribution in [3.8, 4) is 17.1 Å². The van der Waals surface area contributed by atoms with Crippen molar-refractivity contribution in [3.05, 3.63) is 53.3 Å². The van der Waals surface area contributed by atoms with Gasteiger partial charge in [0.15, 0.2) is 5.15 Å². The minimum absolute atomic E-state index is 0.0800. The van der Waals surface area contributed by atoms with Crippen molar-refractivity contribution in [2.45, 2.75) is 0 Å². The Hall–Kier alpha value is -2.53. The lowest BCUT2D eigenvalue weighted by atomic mass is 10.2. The summed E-state index contributed by atoms with van der Waals surface area (Å²) in [6.07, 6.45) is 1.68. The van der Waals surface area contributed by atoms with Gasteiger partial charge in [-0.05, 0) is 24.3 Å². The molecule has 0 aliphatic heterocycles. The third kappa shape index (κ3) is 1.88. The molecule has 0 spiro atoms. The van der Waals surface area contributed by atoms with Gasteiger partial charge in [-0.25, -0.2) is 9.78 Å². The second-order valence-electron chi connectivity index (χ2n) is 4.22. The van der Waals surface area contributed by atoms with Crippen LogP contribution in [-0.4, -0.2) is 25.6 Å². The number of rotatable bonds is 2. The number of fused-ring (bicyclic) bond motifs is 1. The molecule has 0 atom stereocenters. The molecule has 3 aromatic rings. The number of hydrogen-bond donors (Lipinski definition) is 2. The van der Waals surface area contributed by atoms with Gasteiger partial charge in [0, 0.05) is 11.8 Å². The van der Waals surface area contributed by atoms with Crippen LogP contribution in [0.15, 0.2) is 42.6 Å². The molecule has 2 aromatic heterocycles. The molecular formula is C14H9ClN2O3. The minimum Gasteiger partial charge on any atom is -0.508 e. The average molecular weight is 289 g/mol. The topological polar surface area (TPSA) is 74.8 Å². The summed E-state index contributed by atoms with van der Waals surface area (Å²) >= 11 is 6.06. The number of aromatic carboxylic acids is 1. The molecule has 100 valence electrons. The van der Waals surface area contributed by atoms with Gasteiger partial charge in [0.05, 0.1) is 11.1 Å². The molecule has 0 saturated heterocycles. The highest BCUT2D eigenvalue weighted by molar-refractivity contribution is 6.33. The van der Waals surface area contributed by atoms with Crippen molar-refractivity contribution in [2.75, 3.05) is 0 Å². The summed E-state index contributed by atoms with van der Waals surface area (Å²) in [5.41, 5.74) is 1.06. The van der Waals surface area contributed by atoms with E-state index in [0.717, 1.165) is 0 Å². The van der Waals surface area contributed by atoms with Crippen LogP contribution in [-0.2, 0) is 0 Å². The number of nitrogens with zero attached hydrogens (tertiary/aromatic N) is 2. The van der Waals surface area contributed by atoms with Crippen molar-refractivity contribution >= 4 is 23.1 Å². The molecule has 0 bridgehead atoms. The molecule has 5 nitrogen and oxygen atoms in total. The van der Waals surface area contributed by atoms with E-state index in [-0.39, 0.29) is 16.5 Å². The van der Waals surface area contributed by atoms with E-state index in [9.17, 15) is 15.0 Å². The van der Waals surface area contributed by atoms with E-state index in [0.29, 0.717) is 16.9 Å². The molecule has 3 rings (SSSR count). The number of phenols is 1. The van der Waals surface area contributed by atoms with Gasteiger partial charge in [-0.1, -0.05) is 23.7 Å². The summed E-state index contributed by atoms with van der Waals surface area (Å²) < 4.78 is 1.60. The van der Waals surface area contributed by atoms with Crippen molar-refractivity contribution in [1.29, 1.82) is 0 Å².